The van der Waals surface area contributed by atoms with Crippen LogP contribution in [0, 0.1) is 5.82 Å². The molecular weight excluding hydrogens is 307 g/mol. The average Bonchev–Trinajstić information content (AvgIpc) is 2.88. The van der Waals surface area contributed by atoms with E-state index < -0.39 is 0 Å². The highest BCUT2D eigenvalue weighted by Crippen LogP contribution is 2.32. The van der Waals surface area contributed by atoms with Crippen LogP contribution in [0.1, 0.15) is 50.0 Å². The van der Waals surface area contributed by atoms with Gasteiger partial charge < -0.3 is 5.32 Å². The molecule has 1 aromatic heterocycles. The minimum absolute atomic E-state index is 0.0155. The maximum atomic E-state index is 14.1. The molecule has 1 aromatic carbocycles. The Bertz CT molecular complexity index is 619. The Morgan fingerprint density at radius 3 is 2.67 bits per heavy atom. The van der Waals surface area contributed by atoms with E-state index in [1.165, 1.54) is 6.07 Å². The van der Waals surface area contributed by atoms with Crippen molar-refractivity contribution in [2.75, 3.05) is 6.54 Å². The van der Waals surface area contributed by atoms with Crippen LogP contribution in [-0.2, 0) is 5.41 Å². The first kappa shape index (κ1) is 16.4. The molecule has 0 saturated heterocycles. The van der Waals surface area contributed by atoms with Gasteiger partial charge in [-0.25, -0.2) is 9.37 Å². The second kappa shape index (κ2) is 6.42. The number of hydrogen-bond donors (Lipinski definition) is 1. The number of nitrogens with one attached hydrogen (secondary N) is 1. The molecule has 0 spiro atoms. The Kier molecular flexibility index (Phi) is 5.02. The maximum Gasteiger partial charge on any atom is 0.128 e. The highest BCUT2D eigenvalue weighted by Gasteiger charge is 2.24. The molecule has 114 valence electrons. The molecule has 1 unspecified atom stereocenters. The summed E-state index contributed by atoms with van der Waals surface area (Å²) in [6, 6.07) is 4.36. The maximum absolute atomic E-state index is 14.1. The van der Waals surface area contributed by atoms with Gasteiger partial charge in [-0.3, -0.25) is 0 Å². The number of nitrogens with zero attached hydrogens (tertiary/aromatic N) is 1. The molecular formula is C16H20ClFN2S. The zero-order valence-electron chi connectivity index (χ0n) is 12.7. The molecule has 2 aromatic rings. The summed E-state index contributed by atoms with van der Waals surface area (Å²) in [6.45, 7) is 9.07. The molecule has 0 saturated carbocycles. The van der Waals surface area contributed by atoms with Crippen LogP contribution in [0.25, 0.3) is 0 Å². The molecule has 1 atom stereocenters. The monoisotopic (exact) mass is 326 g/mol. The van der Waals surface area contributed by atoms with Gasteiger partial charge in [-0.2, -0.15) is 0 Å². The van der Waals surface area contributed by atoms with Gasteiger partial charge in [0.1, 0.15) is 10.8 Å². The van der Waals surface area contributed by atoms with Gasteiger partial charge in [0.05, 0.1) is 11.7 Å². The third-order valence-electron chi connectivity index (χ3n) is 3.21. The molecule has 0 radical (unpaired) electrons. The Morgan fingerprint density at radius 1 is 1.38 bits per heavy atom. The lowest BCUT2D eigenvalue weighted by Crippen LogP contribution is -2.23. The van der Waals surface area contributed by atoms with Gasteiger partial charge in [0.15, 0.2) is 0 Å². The van der Waals surface area contributed by atoms with Crippen molar-refractivity contribution < 1.29 is 4.39 Å². The van der Waals surface area contributed by atoms with E-state index >= 15 is 0 Å². The SMILES string of the molecule is CCNC(c1nc(C(C)(C)C)cs1)c1cc(Cl)ccc1F. The Hall–Kier alpha value is -0.970. The summed E-state index contributed by atoms with van der Waals surface area (Å²) in [6.07, 6.45) is 0. The van der Waals surface area contributed by atoms with Crippen LogP contribution in [0.15, 0.2) is 23.6 Å². The minimum atomic E-state index is -0.269. The van der Waals surface area contributed by atoms with Crippen molar-refractivity contribution in [2.24, 2.45) is 0 Å². The van der Waals surface area contributed by atoms with Crippen LogP contribution < -0.4 is 5.32 Å². The van der Waals surface area contributed by atoms with Gasteiger partial charge >= 0.3 is 0 Å². The summed E-state index contributed by atoms with van der Waals surface area (Å²) in [5.74, 6) is -0.266. The van der Waals surface area contributed by atoms with Crippen LogP contribution in [0.4, 0.5) is 4.39 Å². The van der Waals surface area contributed by atoms with Crippen LogP contribution in [0.2, 0.25) is 5.02 Å². The molecule has 0 aliphatic carbocycles. The van der Waals surface area contributed by atoms with Crippen molar-refractivity contribution in [2.45, 2.75) is 39.2 Å². The zero-order chi connectivity index (χ0) is 15.6. The van der Waals surface area contributed by atoms with Crippen molar-refractivity contribution in [3.63, 3.8) is 0 Å². The Morgan fingerprint density at radius 2 is 2.10 bits per heavy atom. The summed E-state index contributed by atoms with van der Waals surface area (Å²) < 4.78 is 14.1. The van der Waals surface area contributed by atoms with Gasteiger partial charge in [0.25, 0.3) is 0 Å². The predicted molar refractivity (Wildman–Crippen MR) is 87.7 cm³/mol. The molecule has 2 nitrogen and oxygen atoms in total. The molecule has 5 heteroatoms. The molecule has 21 heavy (non-hydrogen) atoms. The highest BCUT2D eigenvalue weighted by atomic mass is 35.5. The standard InChI is InChI=1S/C16H20ClFN2S/c1-5-19-14(11-8-10(17)6-7-12(11)18)15-20-13(9-21-15)16(2,3)4/h6-9,14,19H,5H2,1-4H3. The van der Waals surface area contributed by atoms with Gasteiger partial charge in [-0.1, -0.05) is 39.3 Å². The van der Waals surface area contributed by atoms with Crippen LogP contribution >= 0.6 is 22.9 Å². The van der Waals surface area contributed by atoms with E-state index in [-0.39, 0.29) is 17.3 Å². The fourth-order valence-electron chi connectivity index (χ4n) is 2.03. The largest absolute Gasteiger partial charge is 0.304 e. The topological polar surface area (TPSA) is 24.9 Å². The first-order chi connectivity index (χ1) is 9.82. The van der Waals surface area contributed by atoms with E-state index in [1.807, 2.05) is 12.3 Å². The number of rotatable bonds is 4. The van der Waals surface area contributed by atoms with Crippen molar-refractivity contribution in [1.82, 2.24) is 10.3 Å². The summed E-state index contributed by atoms with van der Waals surface area (Å²) in [4.78, 5) is 4.69. The van der Waals surface area contributed by atoms with E-state index in [2.05, 4.69) is 26.1 Å². The summed E-state index contributed by atoms with van der Waals surface area (Å²) in [7, 11) is 0. The van der Waals surface area contributed by atoms with E-state index in [0.717, 1.165) is 17.2 Å². The predicted octanol–water partition coefficient (Wildman–Crippen LogP) is 4.93. The molecule has 0 fully saturated rings. The molecule has 0 bridgehead atoms. The van der Waals surface area contributed by atoms with Crippen molar-refractivity contribution in [1.29, 1.82) is 0 Å². The normalized spacial score (nSPS) is 13.4. The second-order valence-electron chi connectivity index (χ2n) is 5.98. The van der Waals surface area contributed by atoms with Crippen molar-refractivity contribution in [3.05, 3.63) is 50.7 Å². The number of benzene rings is 1. The number of aromatic nitrogens is 1. The highest BCUT2D eigenvalue weighted by molar-refractivity contribution is 7.09. The van der Waals surface area contributed by atoms with Gasteiger partial charge in [0, 0.05) is 21.4 Å². The lowest BCUT2D eigenvalue weighted by Gasteiger charge is -2.18. The first-order valence-electron chi connectivity index (χ1n) is 6.97. The quantitative estimate of drug-likeness (QED) is 0.861. The zero-order valence-corrected chi connectivity index (χ0v) is 14.3. The van der Waals surface area contributed by atoms with Gasteiger partial charge in [-0.05, 0) is 24.7 Å². The Balaban J connectivity index is 2.44. The lowest BCUT2D eigenvalue weighted by molar-refractivity contribution is 0.545. The molecule has 0 aliphatic rings. The van der Waals surface area contributed by atoms with Gasteiger partial charge in [-0.15, -0.1) is 11.3 Å². The molecule has 1 heterocycles. The fourth-order valence-corrected chi connectivity index (χ4v) is 3.35. The molecule has 2 rings (SSSR count). The van der Waals surface area contributed by atoms with Crippen molar-refractivity contribution >= 4 is 22.9 Å². The number of thiazole rings is 1. The third kappa shape index (κ3) is 3.82. The summed E-state index contributed by atoms with van der Waals surface area (Å²) in [5.41, 5.74) is 1.55. The smallest absolute Gasteiger partial charge is 0.128 e. The second-order valence-corrected chi connectivity index (χ2v) is 7.30. The van der Waals surface area contributed by atoms with Crippen LogP contribution in [-0.4, -0.2) is 11.5 Å². The molecule has 0 amide bonds. The van der Waals surface area contributed by atoms with Crippen LogP contribution in [0.3, 0.4) is 0 Å². The minimum Gasteiger partial charge on any atom is -0.304 e. The van der Waals surface area contributed by atoms with Crippen LogP contribution in [0.5, 0.6) is 0 Å². The van der Waals surface area contributed by atoms with Gasteiger partial charge in [0.2, 0.25) is 0 Å². The fraction of sp³-hybridized carbons (Fsp3) is 0.438. The average molecular weight is 327 g/mol. The summed E-state index contributed by atoms with van der Waals surface area (Å²) in [5, 5.41) is 6.73. The number of hydrogen-bond acceptors (Lipinski definition) is 3. The molecule has 0 aliphatic heterocycles. The lowest BCUT2D eigenvalue weighted by atomic mass is 9.93. The third-order valence-corrected chi connectivity index (χ3v) is 4.36. The first-order valence-corrected chi connectivity index (χ1v) is 8.23. The molecule has 1 N–H and O–H groups in total. The van der Waals surface area contributed by atoms with E-state index in [4.69, 9.17) is 16.6 Å². The van der Waals surface area contributed by atoms with E-state index in [1.54, 1.807) is 23.5 Å². The van der Waals surface area contributed by atoms with E-state index in [9.17, 15) is 4.39 Å². The Labute approximate surface area is 134 Å². The van der Waals surface area contributed by atoms with E-state index in [0.29, 0.717) is 10.6 Å². The number of halogens is 2. The summed E-state index contributed by atoms with van der Waals surface area (Å²) >= 11 is 7.57. The van der Waals surface area contributed by atoms with Crippen molar-refractivity contribution in [3.8, 4) is 0 Å².